The number of guanidine groups is 1. The van der Waals surface area contributed by atoms with E-state index in [2.05, 4.69) is 34.2 Å². The highest BCUT2D eigenvalue weighted by molar-refractivity contribution is 14.0. The molecule has 2 unspecified atom stereocenters. The Labute approximate surface area is 203 Å². The van der Waals surface area contributed by atoms with Crippen LogP contribution in [0.1, 0.15) is 31.4 Å². The monoisotopic (exact) mass is 544 g/mol. The van der Waals surface area contributed by atoms with Gasteiger partial charge in [-0.25, -0.2) is 0 Å². The number of likely N-dealkylation sites (tertiary alicyclic amines) is 1. The molecule has 1 spiro atoms. The van der Waals surface area contributed by atoms with Gasteiger partial charge in [0.2, 0.25) is 0 Å². The third kappa shape index (κ3) is 6.03. The molecule has 1 aromatic rings. The van der Waals surface area contributed by atoms with Gasteiger partial charge in [0.25, 0.3) is 0 Å². The van der Waals surface area contributed by atoms with Crippen molar-refractivity contribution in [2.24, 2.45) is 10.4 Å². The van der Waals surface area contributed by atoms with E-state index in [1.807, 2.05) is 12.1 Å². The summed E-state index contributed by atoms with van der Waals surface area (Å²) in [6, 6.07) is 8.66. The van der Waals surface area contributed by atoms with Gasteiger partial charge in [-0.2, -0.15) is 0 Å². The summed E-state index contributed by atoms with van der Waals surface area (Å²) in [6.45, 7) is 11.1. The maximum atomic E-state index is 5.71. The summed E-state index contributed by atoms with van der Waals surface area (Å²) in [6.07, 6.45) is 2.37. The van der Waals surface area contributed by atoms with Crippen LogP contribution in [0.3, 0.4) is 0 Å². The molecule has 3 aliphatic rings. The zero-order valence-corrected chi connectivity index (χ0v) is 21.2. The van der Waals surface area contributed by atoms with E-state index < -0.39 is 0 Å². The summed E-state index contributed by atoms with van der Waals surface area (Å²) in [5, 5.41) is 3.53. The topological polar surface area (TPSA) is 58.6 Å². The van der Waals surface area contributed by atoms with Gasteiger partial charge in [0.1, 0.15) is 5.75 Å². The second-order valence-electron chi connectivity index (χ2n) is 8.61. The van der Waals surface area contributed by atoms with Gasteiger partial charge in [-0.3, -0.25) is 9.89 Å². The molecule has 8 heteroatoms. The normalized spacial score (nSPS) is 25.5. The van der Waals surface area contributed by atoms with Gasteiger partial charge in [0.05, 0.1) is 39.5 Å². The molecule has 0 bridgehead atoms. The standard InChI is InChI=1S/C23H36N4O3.HI/c1-3-24-22(27-10-8-23(17-27)9-13-30-18-23)25-16-21(26-11-14-29-15-12-26)19-4-6-20(28-2)7-5-19;/h4-7,21H,3,8-18H2,1-2H3,(H,24,25);1H. The van der Waals surface area contributed by atoms with E-state index in [0.717, 1.165) is 77.4 Å². The van der Waals surface area contributed by atoms with Gasteiger partial charge in [-0.15, -0.1) is 24.0 Å². The molecule has 2 atom stereocenters. The maximum absolute atomic E-state index is 5.71. The van der Waals surface area contributed by atoms with E-state index in [1.165, 1.54) is 18.4 Å². The molecule has 0 aliphatic carbocycles. The molecule has 0 radical (unpaired) electrons. The SMILES string of the molecule is CCNC(=NCC(c1ccc(OC)cc1)N1CCOCC1)N1CCC2(CCOC2)C1.I. The van der Waals surface area contributed by atoms with Crippen LogP contribution in [0.5, 0.6) is 5.75 Å². The lowest BCUT2D eigenvalue weighted by Gasteiger charge is -2.34. The molecule has 174 valence electrons. The summed E-state index contributed by atoms with van der Waals surface area (Å²) >= 11 is 0. The Hall–Kier alpha value is -1.10. The molecular formula is C23H37IN4O3. The number of nitrogens with zero attached hydrogens (tertiary/aromatic N) is 3. The number of morpholine rings is 1. The van der Waals surface area contributed by atoms with Crippen molar-refractivity contribution in [1.82, 2.24) is 15.1 Å². The molecule has 31 heavy (non-hydrogen) atoms. The third-order valence-corrected chi connectivity index (χ3v) is 6.66. The first-order valence-corrected chi connectivity index (χ1v) is 11.3. The van der Waals surface area contributed by atoms with Crippen LogP contribution in [-0.2, 0) is 9.47 Å². The first-order valence-electron chi connectivity index (χ1n) is 11.3. The number of benzene rings is 1. The van der Waals surface area contributed by atoms with Gasteiger partial charge in [-0.05, 0) is 37.5 Å². The molecule has 0 saturated carbocycles. The van der Waals surface area contributed by atoms with Crippen LogP contribution in [0.4, 0.5) is 0 Å². The van der Waals surface area contributed by atoms with Gasteiger partial charge < -0.3 is 24.4 Å². The highest BCUT2D eigenvalue weighted by Crippen LogP contribution is 2.38. The van der Waals surface area contributed by atoms with Crippen LogP contribution in [0, 0.1) is 5.41 Å². The summed E-state index contributed by atoms with van der Waals surface area (Å²) in [5.74, 6) is 1.92. The quantitative estimate of drug-likeness (QED) is 0.338. The number of nitrogens with one attached hydrogen (secondary N) is 1. The Morgan fingerprint density at radius 1 is 1.13 bits per heavy atom. The molecule has 0 amide bonds. The molecule has 1 N–H and O–H groups in total. The number of ether oxygens (including phenoxy) is 3. The van der Waals surface area contributed by atoms with Gasteiger partial charge in [0.15, 0.2) is 5.96 Å². The largest absolute Gasteiger partial charge is 0.497 e. The van der Waals surface area contributed by atoms with E-state index in [-0.39, 0.29) is 30.0 Å². The van der Waals surface area contributed by atoms with E-state index in [4.69, 9.17) is 19.2 Å². The van der Waals surface area contributed by atoms with Gasteiger partial charge in [-0.1, -0.05) is 12.1 Å². The van der Waals surface area contributed by atoms with Crippen molar-refractivity contribution in [3.63, 3.8) is 0 Å². The van der Waals surface area contributed by atoms with Crippen LogP contribution in [0.25, 0.3) is 0 Å². The summed E-state index contributed by atoms with van der Waals surface area (Å²) < 4.78 is 16.6. The summed E-state index contributed by atoms with van der Waals surface area (Å²) in [5.41, 5.74) is 1.61. The molecule has 3 saturated heterocycles. The molecule has 3 aliphatic heterocycles. The lowest BCUT2D eigenvalue weighted by molar-refractivity contribution is 0.0179. The van der Waals surface area contributed by atoms with Crippen molar-refractivity contribution >= 4 is 29.9 Å². The van der Waals surface area contributed by atoms with Crippen molar-refractivity contribution in [1.29, 1.82) is 0 Å². The van der Waals surface area contributed by atoms with Crippen molar-refractivity contribution in [2.75, 3.05) is 72.8 Å². The van der Waals surface area contributed by atoms with E-state index in [1.54, 1.807) is 7.11 Å². The van der Waals surface area contributed by atoms with Crippen LogP contribution >= 0.6 is 24.0 Å². The number of methoxy groups -OCH3 is 1. The van der Waals surface area contributed by atoms with E-state index in [9.17, 15) is 0 Å². The Morgan fingerprint density at radius 2 is 1.90 bits per heavy atom. The fourth-order valence-corrected chi connectivity index (χ4v) is 4.83. The number of hydrogen-bond acceptors (Lipinski definition) is 5. The Kier molecular flexibility index (Phi) is 9.24. The lowest BCUT2D eigenvalue weighted by Crippen LogP contribution is -2.43. The van der Waals surface area contributed by atoms with Gasteiger partial charge in [0, 0.05) is 44.7 Å². The minimum atomic E-state index is 0. The molecule has 4 rings (SSSR count). The molecule has 3 fully saturated rings. The number of aliphatic imine (C=N–C) groups is 1. The highest BCUT2D eigenvalue weighted by atomic mass is 127. The maximum Gasteiger partial charge on any atom is 0.194 e. The zero-order valence-electron chi connectivity index (χ0n) is 18.8. The molecule has 7 nitrogen and oxygen atoms in total. The van der Waals surface area contributed by atoms with Crippen LogP contribution in [0.15, 0.2) is 29.3 Å². The second-order valence-corrected chi connectivity index (χ2v) is 8.61. The van der Waals surface area contributed by atoms with Crippen LogP contribution in [-0.4, -0.2) is 88.6 Å². The summed E-state index contributed by atoms with van der Waals surface area (Å²) in [7, 11) is 1.71. The van der Waals surface area contributed by atoms with Crippen molar-refractivity contribution < 1.29 is 14.2 Å². The van der Waals surface area contributed by atoms with Crippen molar-refractivity contribution in [3.05, 3.63) is 29.8 Å². The fraction of sp³-hybridized carbons (Fsp3) is 0.696. The second kappa shape index (κ2) is 11.7. The Balaban J connectivity index is 0.00000272. The highest BCUT2D eigenvalue weighted by Gasteiger charge is 2.42. The number of hydrogen-bond donors (Lipinski definition) is 1. The minimum absolute atomic E-state index is 0. The summed E-state index contributed by atoms with van der Waals surface area (Å²) in [4.78, 5) is 10.0. The molecular weight excluding hydrogens is 507 g/mol. The Morgan fingerprint density at radius 3 is 2.55 bits per heavy atom. The predicted octanol–water partition coefficient (Wildman–Crippen LogP) is 2.76. The lowest BCUT2D eigenvalue weighted by atomic mass is 9.87. The predicted molar refractivity (Wildman–Crippen MR) is 134 cm³/mol. The van der Waals surface area contributed by atoms with E-state index in [0.29, 0.717) is 5.41 Å². The van der Waals surface area contributed by atoms with E-state index >= 15 is 0 Å². The van der Waals surface area contributed by atoms with Crippen LogP contribution < -0.4 is 10.1 Å². The van der Waals surface area contributed by atoms with Crippen molar-refractivity contribution in [3.8, 4) is 5.75 Å². The van der Waals surface area contributed by atoms with Crippen LogP contribution in [0.2, 0.25) is 0 Å². The first kappa shape index (κ1) is 24.5. The smallest absolute Gasteiger partial charge is 0.194 e. The van der Waals surface area contributed by atoms with Gasteiger partial charge >= 0.3 is 0 Å². The fourth-order valence-electron chi connectivity index (χ4n) is 4.83. The average Bonchev–Trinajstić information content (AvgIpc) is 3.44. The first-order chi connectivity index (χ1) is 14.7. The number of rotatable bonds is 6. The Bertz CT molecular complexity index is 703. The van der Waals surface area contributed by atoms with Crippen molar-refractivity contribution in [2.45, 2.75) is 25.8 Å². The minimum Gasteiger partial charge on any atom is -0.497 e. The molecule has 3 heterocycles. The zero-order chi connectivity index (χ0) is 20.8. The third-order valence-electron chi connectivity index (χ3n) is 6.66. The average molecular weight is 544 g/mol. The number of halogens is 1. The molecule has 1 aromatic carbocycles. The molecule has 0 aromatic heterocycles.